The van der Waals surface area contributed by atoms with Crippen molar-refractivity contribution in [3.8, 4) is 5.75 Å². The number of hydrogen-bond acceptors (Lipinski definition) is 2. The fourth-order valence-electron chi connectivity index (χ4n) is 1.58. The van der Waals surface area contributed by atoms with Crippen LogP contribution in [-0.4, -0.2) is 42.6 Å². The molecule has 118 valence electrons. The summed E-state index contributed by atoms with van der Waals surface area (Å²) in [5.41, 5.74) is -0.382. The first-order chi connectivity index (χ1) is 9.74. The Morgan fingerprint density at radius 1 is 1.29 bits per heavy atom. The Bertz CT molecular complexity index is 481. The molecule has 0 aliphatic carbocycles. The van der Waals surface area contributed by atoms with E-state index >= 15 is 0 Å². The molecule has 0 N–H and O–H groups in total. The Labute approximate surface area is 122 Å². The van der Waals surface area contributed by atoms with Crippen molar-refractivity contribution in [1.82, 2.24) is 4.90 Å². The maximum atomic E-state index is 12.4. The summed E-state index contributed by atoms with van der Waals surface area (Å²) in [4.78, 5) is 12.5. The molecule has 0 spiro atoms. The van der Waals surface area contributed by atoms with Gasteiger partial charge in [-0.05, 0) is 12.1 Å². The summed E-state index contributed by atoms with van der Waals surface area (Å²) in [5, 5.41) is 0. The summed E-state index contributed by atoms with van der Waals surface area (Å²) < 4.78 is 65.9. The van der Waals surface area contributed by atoms with E-state index in [2.05, 4.69) is 4.74 Å². The number of carbonyl (C=O) groups is 1. The Balaban J connectivity index is 3.03. The lowest BCUT2D eigenvalue weighted by Gasteiger charge is -2.24. The number of rotatable bonds is 6. The predicted octanol–water partition coefficient (Wildman–Crippen LogP) is 3.53. The summed E-state index contributed by atoms with van der Waals surface area (Å²) in [6.07, 6.45) is -4.62. The zero-order valence-electron chi connectivity index (χ0n) is 10.5. The van der Waals surface area contributed by atoms with Crippen LogP contribution in [0.25, 0.3) is 0 Å². The van der Waals surface area contributed by atoms with E-state index in [0.29, 0.717) is 4.90 Å². The zero-order valence-corrected chi connectivity index (χ0v) is 11.3. The standard InChI is InChI=1S/C12H11ClF5NO2/c13-5-6-19(7-12(16,17)18)10(20)8-3-1-2-4-9(8)21-11(14)15/h1-4,11H,5-7H2. The molecule has 1 aromatic rings. The second-order valence-corrected chi connectivity index (χ2v) is 4.28. The highest BCUT2D eigenvalue weighted by atomic mass is 35.5. The van der Waals surface area contributed by atoms with E-state index in [0.717, 1.165) is 12.1 Å². The number of carbonyl (C=O) groups excluding carboxylic acids is 1. The van der Waals surface area contributed by atoms with E-state index in [4.69, 9.17) is 11.6 Å². The van der Waals surface area contributed by atoms with Gasteiger partial charge in [0.05, 0.1) is 5.56 Å². The monoisotopic (exact) mass is 331 g/mol. The fraction of sp³-hybridized carbons (Fsp3) is 0.417. The van der Waals surface area contributed by atoms with Crippen LogP contribution in [0.4, 0.5) is 22.0 Å². The third kappa shape index (κ3) is 5.74. The molecule has 0 saturated carbocycles. The maximum absolute atomic E-state index is 12.4. The predicted molar refractivity (Wildman–Crippen MR) is 65.8 cm³/mol. The van der Waals surface area contributed by atoms with E-state index in [9.17, 15) is 26.7 Å². The van der Waals surface area contributed by atoms with Crippen LogP contribution >= 0.6 is 11.6 Å². The number of nitrogens with zero attached hydrogens (tertiary/aromatic N) is 1. The number of alkyl halides is 6. The Kier molecular flexibility index (Phi) is 6.19. The van der Waals surface area contributed by atoms with Crippen molar-refractivity contribution in [2.45, 2.75) is 12.8 Å². The zero-order chi connectivity index (χ0) is 16.0. The molecule has 0 saturated heterocycles. The SMILES string of the molecule is O=C(c1ccccc1OC(F)F)N(CCCl)CC(F)(F)F. The molecule has 1 amide bonds. The van der Waals surface area contributed by atoms with Gasteiger partial charge in [0.15, 0.2) is 0 Å². The van der Waals surface area contributed by atoms with Crippen LogP contribution in [0.3, 0.4) is 0 Å². The average Bonchev–Trinajstić information content (AvgIpc) is 2.36. The molecule has 9 heteroatoms. The molecule has 21 heavy (non-hydrogen) atoms. The molecule has 0 unspecified atom stereocenters. The van der Waals surface area contributed by atoms with E-state index in [-0.39, 0.29) is 18.0 Å². The number of ether oxygens (including phenoxy) is 1. The van der Waals surface area contributed by atoms with Crippen molar-refractivity contribution in [3.05, 3.63) is 29.8 Å². The molecule has 0 fully saturated rings. The topological polar surface area (TPSA) is 29.5 Å². The quantitative estimate of drug-likeness (QED) is 0.589. The maximum Gasteiger partial charge on any atom is 0.406 e. The number of amides is 1. The molecule has 0 radical (unpaired) electrons. The minimum atomic E-state index is -4.62. The summed E-state index contributed by atoms with van der Waals surface area (Å²) >= 11 is 5.37. The molecule has 0 aromatic heterocycles. The van der Waals surface area contributed by atoms with Gasteiger partial charge in [0.25, 0.3) is 5.91 Å². The molecular weight excluding hydrogens is 321 g/mol. The average molecular weight is 332 g/mol. The number of benzene rings is 1. The minimum absolute atomic E-state index is 0.223. The minimum Gasteiger partial charge on any atom is -0.434 e. The van der Waals surface area contributed by atoms with E-state index < -0.39 is 31.0 Å². The first-order valence-electron chi connectivity index (χ1n) is 5.70. The number of para-hydroxylation sites is 1. The van der Waals surface area contributed by atoms with Gasteiger partial charge in [-0.15, -0.1) is 11.6 Å². The van der Waals surface area contributed by atoms with Crippen LogP contribution in [0.15, 0.2) is 24.3 Å². The van der Waals surface area contributed by atoms with Crippen molar-refractivity contribution in [2.75, 3.05) is 19.0 Å². The highest BCUT2D eigenvalue weighted by Crippen LogP contribution is 2.24. The van der Waals surface area contributed by atoms with Crippen LogP contribution in [0.2, 0.25) is 0 Å². The Hall–Kier alpha value is -1.57. The third-order valence-corrected chi connectivity index (χ3v) is 2.51. The molecule has 0 aliphatic heterocycles. The largest absolute Gasteiger partial charge is 0.434 e. The number of hydrogen-bond donors (Lipinski definition) is 0. The molecule has 1 aromatic carbocycles. The van der Waals surface area contributed by atoms with Crippen molar-refractivity contribution in [3.63, 3.8) is 0 Å². The second-order valence-electron chi connectivity index (χ2n) is 3.91. The van der Waals surface area contributed by atoms with E-state index in [1.807, 2.05) is 0 Å². The normalized spacial score (nSPS) is 11.6. The van der Waals surface area contributed by atoms with Gasteiger partial charge in [-0.2, -0.15) is 22.0 Å². The molecule has 0 atom stereocenters. The molecular formula is C12H11ClF5NO2. The summed E-state index contributed by atoms with van der Waals surface area (Å²) in [6.45, 7) is -5.09. The summed E-state index contributed by atoms with van der Waals surface area (Å²) in [5.74, 6) is -1.79. The van der Waals surface area contributed by atoms with Gasteiger partial charge in [-0.1, -0.05) is 12.1 Å². The fourth-order valence-corrected chi connectivity index (χ4v) is 1.79. The van der Waals surface area contributed by atoms with Gasteiger partial charge in [0, 0.05) is 12.4 Å². The van der Waals surface area contributed by atoms with E-state index in [1.54, 1.807) is 0 Å². The van der Waals surface area contributed by atoms with Gasteiger partial charge in [-0.25, -0.2) is 0 Å². The highest BCUT2D eigenvalue weighted by molar-refractivity contribution is 6.18. The van der Waals surface area contributed by atoms with Crippen molar-refractivity contribution >= 4 is 17.5 Å². The first kappa shape index (κ1) is 17.5. The van der Waals surface area contributed by atoms with Crippen molar-refractivity contribution < 1.29 is 31.5 Å². The molecule has 0 heterocycles. The lowest BCUT2D eigenvalue weighted by Crippen LogP contribution is -2.40. The van der Waals surface area contributed by atoms with Crippen LogP contribution in [0.5, 0.6) is 5.75 Å². The summed E-state index contributed by atoms with van der Waals surface area (Å²) in [6, 6.07) is 4.84. The molecule has 0 bridgehead atoms. The van der Waals surface area contributed by atoms with E-state index in [1.165, 1.54) is 12.1 Å². The van der Waals surface area contributed by atoms with Gasteiger partial charge in [0.1, 0.15) is 12.3 Å². The lowest BCUT2D eigenvalue weighted by molar-refractivity contribution is -0.140. The Morgan fingerprint density at radius 2 is 1.90 bits per heavy atom. The summed E-state index contributed by atoms with van der Waals surface area (Å²) in [7, 11) is 0. The first-order valence-corrected chi connectivity index (χ1v) is 6.24. The number of halogens is 6. The second kappa shape index (κ2) is 7.44. The third-order valence-electron chi connectivity index (χ3n) is 2.35. The lowest BCUT2D eigenvalue weighted by atomic mass is 10.1. The van der Waals surface area contributed by atoms with Crippen molar-refractivity contribution in [1.29, 1.82) is 0 Å². The van der Waals surface area contributed by atoms with Crippen LogP contribution < -0.4 is 4.74 Å². The van der Waals surface area contributed by atoms with Crippen LogP contribution in [0, 0.1) is 0 Å². The van der Waals surface area contributed by atoms with Crippen molar-refractivity contribution in [2.24, 2.45) is 0 Å². The van der Waals surface area contributed by atoms with Gasteiger partial charge in [0.2, 0.25) is 0 Å². The molecule has 3 nitrogen and oxygen atoms in total. The van der Waals surface area contributed by atoms with Gasteiger partial charge < -0.3 is 9.64 Å². The van der Waals surface area contributed by atoms with Gasteiger partial charge >= 0.3 is 12.8 Å². The van der Waals surface area contributed by atoms with Crippen LogP contribution in [0.1, 0.15) is 10.4 Å². The Morgan fingerprint density at radius 3 is 2.43 bits per heavy atom. The van der Waals surface area contributed by atoms with Gasteiger partial charge in [-0.3, -0.25) is 4.79 Å². The van der Waals surface area contributed by atoms with Crippen LogP contribution in [-0.2, 0) is 0 Å². The highest BCUT2D eigenvalue weighted by Gasteiger charge is 2.34. The molecule has 1 rings (SSSR count). The smallest absolute Gasteiger partial charge is 0.406 e. The molecule has 0 aliphatic rings.